The van der Waals surface area contributed by atoms with Crippen LogP contribution in [0.15, 0.2) is 51.9 Å². The summed E-state index contributed by atoms with van der Waals surface area (Å²) in [4.78, 5) is 13.4. The lowest BCUT2D eigenvalue weighted by atomic mass is 9.89. The molecule has 210 valence electrons. The number of ether oxygens (including phenoxy) is 3. The van der Waals surface area contributed by atoms with Gasteiger partial charge in [-0.2, -0.15) is 0 Å². The molecule has 8 N–H and O–H groups in total. The highest BCUT2D eigenvalue weighted by atomic mass is 16.7. The Balaban J connectivity index is 1.60. The minimum absolute atomic E-state index is 0.00454. The molecule has 0 unspecified atom stereocenters. The van der Waals surface area contributed by atoms with Crippen LogP contribution in [0.2, 0.25) is 0 Å². The van der Waals surface area contributed by atoms with Gasteiger partial charge in [0.15, 0.2) is 6.29 Å². The molecule has 0 bridgehead atoms. The number of aromatic hydroxyl groups is 2. The van der Waals surface area contributed by atoms with E-state index in [1.165, 1.54) is 36.4 Å². The summed E-state index contributed by atoms with van der Waals surface area (Å²) in [6.07, 6.45) is -13.1. The summed E-state index contributed by atoms with van der Waals surface area (Å²) in [5, 5.41) is 81.7. The Morgan fingerprint density at radius 2 is 1.62 bits per heavy atom. The molecule has 0 amide bonds. The second-order valence-electron chi connectivity index (χ2n) is 9.51. The van der Waals surface area contributed by atoms with Crippen LogP contribution in [0.4, 0.5) is 0 Å². The van der Waals surface area contributed by atoms with Crippen molar-refractivity contribution in [3.05, 3.63) is 58.4 Å². The van der Waals surface area contributed by atoms with E-state index in [9.17, 15) is 45.6 Å². The van der Waals surface area contributed by atoms with E-state index >= 15 is 0 Å². The lowest BCUT2D eigenvalue weighted by Gasteiger charge is -2.45. The van der Waals surface area contributed by atoms with Gasteiger partial charge in [0.1, 0.15) is 72.2 Å². The van der Waals surface area contributed by atoms with Gasteiger partial charge in [-0.3, -0.25) is 4.79 Å². The molecule has 5 rings (SSSR count). The summed E-state index contributed by atoms with van der Waals surface area (Å²) in [5.41, 5.74) is -0.161. The summed E-state index contributed by atoms with van der Waals surface area (Å²) in [5.74, 6) is -0.424. The summed E-state index contributed by atoms with van der Waals surface area (Å²) in [7, 11) is 0. The third kappa shape index (κ3) is 4.89. The molecule has 13 nitrogen and oxygen atoms in total. The zero-order chi connectivity index (χ0) is 28.0. The molecular weight excluding hydrogens is 520 g/mol. The van der Waals surface area contributed by atoms with E-state index in [4.69, 9.17) is 18.6 Å². The van der Waals surface area contributed by atoms with Crippen LogP contribution >= 0.6 is 0 Å². The second-order valence-corrected chi connectivity index (χ2v) is 9.51. The maximum absolute atomic E-state index is 13.4. The highest BCUT2D eigenvalue weighted by molar-refractivity contribution is 5.86. The summed E-state index contributed by atoms with van der Waals surface area (Å²) in [6, 6.07) is 8.37. The minimum Gasteiger partial charge on any atom is -0.508 e. The fourth-order valence-corrected chi connectivity index (χ4v) is 4.86. The molecular formula is C26H28O13. The van der Waals surface area contributed by atoms with Gasteiger partial charge in [0.2, 0.25) is 5.43 Å². The van der Waals surface area contributed by atoms with E-state index in [-0.39, 0.29) is 27.8 Å². The highest BCUT2D eigenvalue weighted by Gasteiger charge is 2.50. The lowest BCUT2D eigenvalue weighted by molar-refractivity contribution is -0.325. The van der Waals surface area contributed by atoms with Crippen molar-refractivity contribution in [2.24, 2.45) is 0 Å². The molecule has 0 aliphatic carbocycles. The van der Waals surface area contributed by atoms with Crippen LogP contribution < -0.4 is 5.43 Å². The van der Waals surface area contributed by atoms with Crippen molar-refractivity contribution in [2.75, 3.05) is 13.2 Å². The van der Waals surface area contributed by atoms with Crippen LogP contribution in [0.1, 0.15) is 11.7 Å². The van der Waals surface area contributed by atoms with Crippen LogP contribution in [0.3, 0.4) is 0 Å². The Hall–Kier alpha value is -3.11. The maximum atomic E-state index is 13.4. The van der Waals surface area contributed by atoms with E-state index in [0.717, 1.165) is 6.26 Å². The average Bonchev–Trinajstić information content (AvgIpc) is 2.92. The fourth-order valence-electron chi connectivity index (χ4n) is 4.86. The lowest BCUT2D eigenvalue weighted by Crippen LogP contribution is -2.60. The van der Waals surface area contributed by atoms with E-state index in [1.807, 2.05) is 0 Å². The van der Waals surface area contributed by atoms with Crippen LogP contribution in [0, 0.1) is 0 Å². The Kier molecular flexibility index (Phi) is 7.61. The molecule has 39 heavy (non-hydrogen) atoms. The number of hydrogen-bond acceptors (Lipinski definition) is 13. The first-order valence-electron chi connectivity index (χ1n) is 12.1. The van der Waals surface area contributed by atoms with Gasteiger partial charge in [0.25, 0.3) is 0 Å². The number of aliphatic hydroxyl groups is 6. The molecule has 3 aromatic rings. The van der Waals surface area contributed by atoms with Crippen molar-refractivity contribution in [2.45, 2.75) is 55.1 Å². The second kappa shape index (κ2) is 10.8. The topological polar surface area (TPSA) is 220 Å². The molecule has 2 aliphatic rings. The number of hydrogen-bond donors (Lipinski definition) is 8. The summed E-state index contributed by atoms with van der Waals surface area (Å²) in [6.45, 7) is -1.14. The molecule has 2 aliphatic heterocycles. The number of fused-ring (bicyclic) bond motifs is 1. The van der Waals surface area contributed by atoms with Crippen molar-refractivity contribution < 1.29 is 59.5 Å². The molecule has 0 spiro atoms. The Morgan fingerprint density at radius 3 is 2.31 bits per heavy atom. The Labute approximate surface area is 220 Å². The normalized spacial score (nSPS) is 33.3. The molecule has 1 aromatic heterocycles. The molecule has 2 aromatic carbocycles. The summed E-state index contributed by atoms with van der Waals surface area (Å²) < 4.78 is 22.6. The first kappa shape index (κ1) is 27.5. The van der Waals surface area contributed by atoms with Gasteiger partial charge in [-0.05, 0) is 29.8 Å². The average molecular weight is 548 g/mol. The third-order valence-corrected chi connectivity index (χ3v) is 7.03. The van der Waals surface area contributed by atoms with Crippen molar-refractivity contribution >= 4 is 11.0 Å². The van der Waals surface area contributed by atoms with Gasteiger partial charge >= 0.3 is 0 Å². The fraction of sp³-hybridized carbons (Fsp3) is 0.423. The standard InChI is InChI=1S/C26H28O13/c27-7-16-20(33)21(34)25(39-26-22(35)19(32)15(30)9-37-26)24(38-16)17-14(29)6-5-12-18(31)13(8-36-23(12)17)10-1-3-11(28)4-2-10/h1-6,8,15-16,19-22,24-30,32-35H,7,9H2/t15-,16-,19+,20-,21+,22-,24+,25-,26+/m1/s1. The van der Waals surface area contributed by atoms with Crippen molar-refractivity contribution in [1.29, 1.82) is 0 Å². The number of aliphatic hydroxyl groups excluding tert-OH is 6. The van der Waals surface area contributed by atoms with Gasteiger partial charge in [-0.1, -0.05) is 12.1 Å². The van der Waals surface area contributed by atoms with Crippen molar-refractivity contribution in [1.82, 2.24) is 0 Å². The summed E-state index contributed by atoms with van der Waals surface area (Å²) >= 11 is 0. The first-order chi connectivity index (χ1) is 18.6. The van der Waals surface area contributed by atoms with Crippen molar-refractivity contribution in [3.8, 4) is 22.6 Å². The first-order valence-corrected chi connectivity index (χ1v) is 12.1. The van der Waals surface area contributed by atoms with Crippen LogP contribution in [0.25, 0.3) is 22.1 Å². The predicted octanol–water partition coefficient (Wildman–Crippen LogP) is -1.15. The van der Waals surface area contributed by atoms with Gasteiger partial charge in [-0.15, -0.1) is 0 Å². The monoisotopic (exact) mass is 548 g/mol. The molecule has 0 saturated carbocycles. The number of rotatable bonds is 5. The van der Waals surface area contributed by atoms with E-state index in [0.29, 0.717) is 5.56 Å². The quantitative estimate of drug-likeness (QED) is 0.189. The smallest absolute Gasteiger partial charge is 0.200 e. The third-order valence-electron chi connectivity index (χ3n) is 7.03. The molecule has 2 saturated heterocycles. The molecule has 2 fully saturated rings. The van der Waals surface area contributed by atoms with E-state index < -0.39 is 79.5 Å². The SMILES string of the molecule is O=c1c(-c2ccc(O)cc2)coc2c([C@@H]3O[C@H](CO)[C@@H](O)[C@H](O)[C@H]3O[C@@H]3OC[C@@H](O)[C@H](O)[C@H]3O)c(O)ccc12. The Bertz CT molecular complexity index is 1370. The van der Waals surface area contributed by atoms with Gasteiger partial charge in [0, 0.05) is 0 Å². The van der Waals surface area contributed by atoms with E-state index in [1.54, 1.807) is 0 Å². The Morgan fingerprint density at radius 1 is 0.897 bits per heavy atom. The van der Waals surface area contributed by atoms with Crippen molar-refractivity contribution in [3.63, 3.8) is 0 Å². The molecule has 9 atom stereocenters. The van der Waals surface area contributed by atoms with E-state index in [2.05, 4.69) is 0 Å². The predicted molar refractivity (Wildman–Crippen MR) is 131 cm³/mol. The van der Waals surface area contributed by atoms with Gasteiger partial charge < -0.3 is 59.5 Å². The highest BCUT2D eigenvalue weighted by Crippen LogP contribution is 2.42. The molecule has 0 radical (unpaired) electrons. The molecule has 3 heterocycles. The van der Waals surface area contributed by atoms with Crippen LogP contribution in [-0.4, -0.2) is 103 Å². The zero-order valence-corrected chi connectivity index (χ0v) is 20.3. The van der Waals surface area contributed by atoms with Crippen LogP contribution in [0.5, 0.6) is 11.5 Å². The number of phenolic OH excluding ortho intramolecular Hbond substituents is 2. The zero-order valence-electron chi connectivity index (χ0n) is 20.3. The number of benzene rings is 2. The van der Waals surface area contributed by atoms with Gasteiger partial charge in [-0.25, -0.2) is 0 Å². The van der Waals surface area contributed by atoms with Gasteiger partial charge in [0.05, 0.1) is 29.7 Å². The van der Waals surface area contributed by atoms with Crippen LogP contribution in [-0.2, 0) is 14.2 Å². The minimum atomic E-state index is -1.77. The maximum Gasteiger partial charge on any atom is 0.200 e. The number of phenols is 2. The largest absolute Gasteiger partial charge is 0.508 e. The molecule has 13 heteroatoms.